The minimum absolute atomic E-state index is 0.216. The van der Waals surface area contributed by atoms with Crippen molar-refractivity contribution in [3.05, 3.63) is 0 Å². The van der Waals surface area contributed by atoms with Crippen molar-refractivity contribution in [2.75, 3.05) is 13.7 Å². The third-order valence-electron chi connectivity index (χ3n) is 2.00. The van der Waals surface area contributed by atoms with Crippen LogP contribution in [0.3, 0.4) is 0 Å². The van der Waals surface area contributed by atoms with E-state index in [1.165, 1.54) is 25.7 Å². The van der Waals surface area contributed by atoms with E-state index in [-0.39, 0.29) is 9.03 Å². The Bertz CT molecular complexity index is 88.6. The molecule has 2 unspecified atom stereocenters. The predicted octanol–water partition coefficient (Wildman–Crippen LogP) is 3.37. The van der Waals surface area contributed by atoms with Gasteiger partial charge in [-0.1, -0.05) is 33.1 Å². The van der Waals surface area contributed by atoms with Gasteiger partial charge in [0.2, 0.25) is 0 Å². The van der Waals surface area contributed by atoms with Gasteiger partial charge in [-0.25, -0.2) is 0 Å². The smallest absolute Gasteiger partial charge is 0.154 e. The molecule has 2 nitrogen and oxygen atoms in total. The first-order valence-electron chi connectivity index (χ1n) is 4.74. The molecule has 0 aliphatic rings. The van der Waals surface area contributed by atoms with Crippen molar-refractivity contribution in [2.24, 2.45) is 5.92 Å². The number of hydrogen-bond acceptors (Lipinski definition) is 2. The summed E-state index contributed by atoms with van der Waals surface area (Å²) in [6.07, 6.45) is 5.11. The molecule has 12 heavy (non-hydrogen) atoms. The first-order valence-corrected chi connectivity index (χ1v) is 5.56. The maximum absolute atomic E-state index is 5.34. The summed E-state index contributed by atoms with van der Waals surface area (Å²) < 4.78 is 10.2. The molecule has 0 bridgehead atoms. The molecular weight excluding hydrogens is 171 g/mol. The first kappa shape index (κ1) is 12.3. The number of hydrogen-bond donors (Lipinski definition) is 0. The van der Waals surface area contributed by atoms with Crippen LogP contribution in [0.15, 0.2) is 0 Å². The Morgan fingerprint density at radius 2 is 2.08 bits per heavy atom. The summed E-state index contributed by atoms with van der Waals surface area (Å²) in [6.45, 7) is 5.31. The maximum Gasteiger partial charge on any atom is 0.154 e. The van der Waals surface area contributed by atoms with Crippen molar-refractivity contribution in [1.29, 1.82) is 0 Å². The zero-order valence-electron chi connectivity index (χ0n) is 8.43. The van der Waals surface area contributed by atoms with E-state index < -0.39 is 0 Å². The highest BCUT2D eigenvalue weighted by Crippen LogP contribution is 2.18. The van der Waals surface area contributed by atoms with Gasteiger partial charge in [0.15, 0.2) is 9.03 Å². The van der Waals surface area contributed by atoms with E-state index in [2.05, 4.69) is 13.8 Å². The molecule has 3 heteroatoms. The zero-order valence-corrected chi connectivity index (χ0v) is 9.43. The van der Waals surface area contributed by atoms with Gasteiger partial charge >= 0.3 is 0 Å². The summed E-state index contributed by atoms with van der Waals surface area (Å²) >= 11 is 0. The van der Waals surface area contributed by atoms with Crippen LogP contribution in [0.4, 0.5) is 0 Å². The van der Waals surface area contributed by atoms with Gasteiger partial charge in [0, 0.05) is 7.11 Å². The van der Waals surface area contributed by atoms with Crippen molar-refractivity contribution < 1.29 is 9.05 Å². The van der Waals surface area contributed by atoms with E-state index in [4.69, 9.17) is 9.05 Å². The van der Waals surface area contributed by atoms with E-state index >= 15 is 0 Å². The SMILES string of the molecule is CCCCC(CC)COPOC. The molecule has 0 saturated heterocycles. The molecule has 0 spiro atoms. The fourth-order valence-corrected chi connectivity index (χ4v) is 1.53. The van der Waals surface area contributed by atoms with Crippen LogP contribution < -0.4 is 0 Å². The molecule has 0 fully saturated rings. The molecule has 0 saturated carbocycles. The van der Waals surface area contributed by atoms with Crippen LogP contribution in [0.2, 0.25) is 0 Å². The van der Waals surface area contributed by atoms with Crippen LogP contribution >= 0.6 is 9.03 Å². The standard InChI is InChI=1S/C9H21O2P/c1-4-6-7-9(5-2)8-11-12-10-3/h9,12H,4-8H2,1-3H3. The summed E-state index contributed by atoms with van der Waals surface area (Å²) in [4.78, 5) is 0. The highest BCUT2D eigenvalue weighted by atomic mass is 31.1. The minimum Gasteiger partial charge on any atom is -0.340 e. The molecule has 0 aliphatic carbocycles. The van der Waals surface area contributed by atoms with Crippen LogP contribution in [-0.4, -0.2) is 13.7 Å². The molecule has 0 aromatic carbocycles. The lowest BCUT2D eigenvalue weighted by Gasteiger charge is -2.13. The highest BCUT2D eigenvalue weighted by molar-refractivity contribution is 7.26. The summed E-state index contributed by atoms with van der Waals surface area (Å²) in [5, 5.41) is 0. The fourth-order valence-electron chi connectivity index (χ4n) is 1.11. The normalized spacial score (nSPS) is 14.2. The average Bonchev–Trinajstić information content (AvgIpc) is 2.11. The average molecular weight is 192 g/mol. The van der Waals surface area contributed by atoms with Gasteiger partial charge in [0.25, 0.3) is 0 Å². The van der Waals surface area contributed by atoms with E-state index in [1.807, 2.05) is 0 Å². The van der Waals surface area contributed by atoms with Crippen LogP contribution in [0.5, 0.6) is 0 Å². The Morgan fingerprint density at radius 1 is 1.33 bits per heavy atom. The Hall–Kier alpha value is 0.350. The maximum atomic E-state index is 5.34. The quantitative estimate of drug-likeness (QED) is 0.433. The van der Waals surface area contributed by atoms with Gasteiger partial charge in [-0.2, -0.15) is 0 Å². The van der Waals surface area contributed by atoms with Crippen LogP contribution in [0.25, 0.3) is 0 Å². The Labute approximate surface area is 78.0 Å². The molecule has 0 radical (unpaired) electrons. The van der Waals surface area contributed by atoms with Crippen molar-refractivity contribution >= 4 is 9.03 Å². The van der Waals surface area contributed by atoms with Gasteiger partial charge in [0.05, 0.1) is 6.61 Å². The highest BCUT2D eigenvalue weighted by Gasteiger charge is 2.05. The second kappa shape index (κ2) is 9.44. The Morgan fingerprint density at radius 3 is 2.58 bits per heavy atom. The number of rotatable bonds is 8. The molecule has 0 aliphatic heterocycles. The Balaban J connectivity index is 3.26. The topological polar surface area (TPSA) is 18.5 Å². The lowest BCUT2D eigenvalue weighted by Crippen LogP contribution is -2.05. The third kappa shape index (κ3) is 7.02. The van der Waals surface area contributed by atoms with Crippen molar-refractivity contribution in [3.63, 3.8) is 0 Å². The summed E-state index contributed by atoms with van der Waals surface area (Å²) in [5.41, 5.74) is 0. The molecule has 2 atom stereocenters. The summed E-state index contributed by atoms with van der Waals surface area (Å²) in [6, 6.07) is 0. The van der Waals surface area contributed by atoms with Crippen LogP contribution in [-0.2, 0) is 9.05 Å². The number of unbranched alkanes of at least 4 members (excludes halogenated alkanes) is 1. The van der Waals surface area contributed by atoms with E-state index in [0.29, 0.717) is 0 Å². The Kier molecular flexibility index (Phi) is 9.71. The molecular formula is C9H21O2P. The van der Waals surface area contributed by atoms with E-state index in [9.17, 15) is 0 Å². The molecule has 0 aromatic rings. The van der Waals surface area contributed by atoms with E-state index in [1.54, 1.807) is 7.11 Å². The monoisotopic (exact) mass is 192 g/mol. The zero-order chi connectivity index (χ0) is 9.23. The fraction of sp³-hybridized carbons (Fsp3) is 1.00. The summed E-state index contributed by atoms with van der Waals surface area (Å²) in [5.74, 6) is 0.729. The minimum atomic E-state index is 0.216. The van der Waals surface area contributed by atoms with Crippen LogP contribution in [0.1, 0.15) is 39.5 Å². The van der Waals surface area contributed by atoms with Crippen molar-refractivity contribution in [2.45, 2.75) is 39.5 Å². The molecule has 74 valence electrons. The largest absolute Gasteiger partial charge is 0.340 e. The van der Waals surface area contributed by atoms with Gasteiger partial charge in [0.1, 0.15) is 0 Å². The molecule has 0 amide bonds. The second-order valence-corrected chi connectivity index (χ2v) is 3.88. The third-order valence-corrected chi connectivity index (χ3v) is 2.46. The lowest BCUT2D eigenvalue weighted by molar-refractivity contribution is 0.232. The van der Waals surface area contributed by atoms with Crippen LogP contribution in [0, 0.1) is 5.92 Å². The van der Waals surface area contributed by atoms with Crippen molar-refractivity contribution in [3.8, 4) is 0 Å². The van der Waals surface area contributed by atoms with E-state index in [0.717, 1.165) is 12.5 Å². The van der Waals surface area contributed by atoms with Gasteiger partial charge in [-0.05, 0) is 12.3 Å². The molecule has 0 rings (SSSR count). The lowest BCUT2D eigenvalue weighted by atomic mass is 10.0. The molecule has 0 heterocycles. The van der Waals surface area contributed by atoms with Gasteiger partial charge < -0.3 is 9.05 Å². The van der Waals surface area contributed by atoms with Gasteiger partial charge in [-0.15, -0.1) is 0 Å². The summed E-state index contributed by atoms with van der Waals surface area (Å²) in [7, 11) is 1.89. The second-order valence-electron chi connectivity index (χ2n) is 3.01. The van der Waals surface area contributed by atoms with Crippen molar-refractivity contribution in [1.82, 2.24) is 0 Å². The predicted molar refractivity (Wildman–Crippen MR) is 54.6 cm³/mol. The molecule has 0 aromatic heterocycles. The van der Waals surface area contributed by atoms with Gasteiger partial charge in [-0.3, -0.25) is 0 Å². The first-order chi connectivity index (χ1) is 5.85. The molecule has 0 N–H and O–H groups in total.